The highest BCUT2D eigenvalue weighted by molar-refractivity contribution is 6.87. The maximum absolute atomic E-state index is 12.0. The number of carbonyl (C=O) groups excluding carboxylic acids is 1. The SMILES string of the molecule is C=C(C)C(=O)NCC(COCCC[Si](C)(O[Si](C)(C)C)O[Si](C)(C)C)O[Si](C)(O)O[Si](C)(C)C.C[Si](C)(C)C. The van der Waals surface area contributed by atoms with Gasteiger partial charge in [0.1, 0.15) is 0 Å². The predicted molar refractivity (Wildman–Crippen MR) is 181 cm³/mol. The number of hydrogen-bond acceptors (Lipinski definition) is 7. The van der Waals surface area contributed by atoms with Crippen LogP contribution in [0.5, 0.6) is 0 Å². The van der Waals surface area contributed by atoms with Crippen LogP contribution in [0.2, 0.25) is 104 Å². The van der Waals surface area contributed by atoms with Gasteiger partial charge in [-0.2, -0.15) is 0 Å². The Kier molecular flexibility index (Phi) is 17.8. The fraction of sp³-hybridized carbons (Fsp3) is 0.880. The summed E-state index contributed by atoms with van der Waals surface area (Å²) in [6.07, 6.45) is 0.281. The van der Waals surface area contributed by atoms with Crippen LogP contribution in [0.4, 0.5) is 0 Å². The summed E-state index contributed by atoms with van der Waals surface area (Å²) < 4.78 is 30.8. The van der Waals surface area contributed by atoms with Crippen molar-refractivity contribution in [1.29, 1.82) is 0 Å². The Balaban J connectivity index is 0. The number of hydrogen-bond donors (Lipinski definition) is 2. The standard InChI is InChI=1S/C21H51NO7Si5.C4H12Si/c1-19(2)21(23)22-17-20(26-34(13,24)29-32(9,10)11)18-25-15-14-16-33(12,27-30(3,4)5)28-31(6,7)8;1-5(2,3)4/h20,24H,1,14-18H2,2-13H3,(H,22,23);1-4H3. The van der Waals surface area contributed by atoms with E-state index in [1.807, 2.05) is 19.6 Å². The van der Waals surface area contributed by atoms with E-state index >= 15 is 0 Å². The lowest BCUT2D eigenvalue weighted by Crippen LogP contribution is -2.52. The summed E-state index contributed by atoms with van der Waals surface area (Å²) in [5, 5.41) is 2.78. The van der Waals surface area contributed by atoms with Crippen LogP contribution in [-0.4, -0.2) is 87.0 Å². The van der Waals surface area contributed by atoms with Crippen molar-refractivity contribution in [2.45, 2.75) is 124 Å². The van der Waals surface area contributed by atoms with Gasteiger partial charge in [-0.25, -0.2) is 0 Å². The minimum atomic E-state index is -3.37. The molecule has 2 N–H and O–H groups in total. The summed E-state index contributed by atoms with van der Waals surface area (Å²) >= 11 is 0. The highest BCUT2D eigenvalue weighted by atomic mass is 28.5. The molecule has 0 bridgehead atoms. The molecule has 0 aromatic rings. The Hall–Kier alpha value is 0.271. The second-order valence-electron chi connectivity index (χ2n) is 15.1. The molecule has 8 nitrogen and oxygen atoms in total. The zero-order valence-electron chi connectivity index (χ0n) is 28.2. The van der Waals surface area contributed by atoms with E-state index < -0.39 is 56.5 Å². The van der Waals surface area contributed by atoms with Gasteiger partial charge in [-0.15, -0.1) is 0 Å². The minimum absolute atomic E-state index is 0.202. The molecule has 14 heteroatoms. The maximum Gasteiger partial charge on any atom is 0.484 e. The van der Waals surface area contributed by atoms with E-state index in [1.165, 1.54) is 0 Å². The lowest BCUT2D eigenvalue weighted by Gasteiger charge is -2.38. The van der Waals surface area contributed by atoms with Crippen molar-refractivity contribution in [2.24, 2.45) is 0 Å². The molecule has 0 aliphatic heterocycles. The molecule has 2 unspecified atom stereocenters. The Morgan fingerprint density at radius 2 is 1.21 bits per heavy atom. The zero-order chi connectivity index (χ0) is 31.5. The van der Waals surface area contributed by atoms with Crippen molar-refractivity contribution in [3.63, 3.8) is 0 Å². The average Bonchev–Trinajstić information content (AvgIpc) is 2.58. The molecule has 0 rings (SSSR count). The van der Waals surface area contributed by atoms with Crippen molar-refractivity contribution in [3.05, 3.63) is 12.2 Å². The predicted octanol–water partition coefficient (Wildman–Crippen LogP) is 6.61. The van der Waals surface area contributed by atoms with Crippen LogP contribution in [0, 0.1) is 0 Å². The highest BCUT2D eigenvalue weighted by Crippen LogP contribution is 2.25. The number of amides is 1. The van der Waals surface area contributed by atoms with Crippen LogP contribution in [0.3, 0.4) is 0 Å². The first-order valence-corrected chi connectivity index (χ1v) is 33.1. The van der Waals surface area contributed by atoms with Crippen molar-refractivity contribution in [1.82, 2.24) is 5.32 Å². The van der Waals surface area contributed by atoms with E-state index in [1.54, 1.807) is 13.5 Å². The molecular formula is C25H63NO7Si6. The molecule has 0 heterocycles. The molecule has 0 aliphatic carbocycles. The fourth-order valence-electron chi connectivity index (χ4n) is 3.52. The third kappa shape index (κ3) is 29.6. The molecule has 0 radical (unpaired) electrons. The molecule has 39 heavy (non-hydrogen) atoms. The smallest absolute Gasteiger partial charge is 0.437 e. The maximum atomic E-state index is 12.0. The number of nitrogens with one attached hydrogen (secondary N) is 1. The van der Waals surface area contributed by atoms with Gasteiger partial charge in [0.25, 0.3) is 0 Å². The summed E-state index contributed by atoms with van der Waals surface area (Å²) in [5.74, 6) is -0.255. The van der Waals surface area contributed by atoms with Gasteiger partial charge >= 0.3 is 17.4 Å². The topological polar surface area (TPSA) is 95.5 Å². The third-order valence-corrected chi connectivity index (χ3v) is 18.4. The highest BCUT2D eigenvalue weighted by Gasteiger charge is 2.40. The minimum Gasteiger partial charge on any atom is -0.437 e. The summed E-state index contributed by atoms with van der Waals surface area (Å²) in [7, 11) is -11.8. The summed E-state index contributed by atoms with van der Waals surface area (Å²) in [4.78, 5) is 22.7. The molecule has 2 atom stereocenters. The summed E-state index contributed by atoms with van der Waals surface area (Å²) in [6, 6.07) is 0.852. The average molecular weight is 658 g/mol. The molecule has 234 valence electrons. The van der Waals surface area contributed by atoms with E-state index in [0.717, 1.165) is 12.5 Å². The van der Waals surface area contributed by atoms with Crippen molar-refractivity contribution >= 4 is 56.3 Å². The Morgan fingerprint density at radius 3 is 1.56 bits per heavy atom. The van der Waals surface area contributed by atoms with Gasteiger partial charge in [-0.1, -0.05) is 32.8 Å². The van der Waals surface area contributed by atoms with E-state index in [2.05, 4.69) is 83.9 Å². The first kappa shape index (κ1) is 41.4. The van der Waals surface area contributed by atoms with Crippen molar-refractivity contribution < 1.29 is 31.1 Å². The molecule has 0 fully saturated rings. The van der Waals surface area contributed by atoms with Gasteiger partial charge < -0.3 is 31.6 Å². The monoisotopic (exact) mass is 657 g/mol. The van der Waals surface area contributed by atoms with Gasteiger partial charge in [0.05, 0.1) is 12.7 Å². The van der Waals surface area contributed by atoms with Crippen molar-refractivity contribution in [3.8, 4) is 0 Å². The molecule has 1 amide bonds. The van der Waals surface area contributed by atoms with Crippen molar-refractivity contribution in [2.75, 3.05) is 19.8 Å². The van der Waals surface area contributed by atoms with Crippen LogP contribution in [0.25, 0.3) is 0 Å². The molecular weight excluding hydrogens is 595 g/mol. The lowest BCUT2D eigenvalue weighted by molar-refractivity contribution is -0.118. The first-order valence-electron chi connectivity index (χ1n) is 14.0. The zero-order valence-corrected chi connectivity index (χ0v) is 34.2. The van der Waals surface area contributed by atoms with Gasteiger partial charge in [-0.05, 0) is 84.9 Å². The van der Waals surface area contributed by atoms with Crippen LogP contribution in [0.1, 0.15) is 13.3 Å². The second kappa shape index (κ2) is 16.8. The summed E-state index contributed by atoms with van der Waals surface area (Å²) in [6.45, 7) is 38.5. The van der Waals surface area contributed by atoms with Gasteiger partial charge in [0.2, 0.25) is 5.91 Å². The molecule has 0 aliphatic rings. The normalized spacial score (nSPS) is 15.6. The van der Waals surface area contributed by atoms with E-state index in [9.17, 15) is 9.59 Å². The van der Waals surface area contributed by atoms with E-state index in [-0.39, 0.29) is 19.1 Å². The van der Waals surface area contributed by atoms with Crippen LogP contribution in [0.15, 0.2) is 12.2 Å². The largest absolute Gasteiger partial charge is 0.484 e. The molecule has 0 aromatic carbocycles. The number of carbonyl (C=O) groups is 1. The molecule has 0 saturated heterocycles. The Morgan fingerprint density at radius 1 is 0.795 bits per heavy atom. The first-order chi connectivity index (χ1) is 17.0. The van der Waals surface area contributed by atoms with Gasteiger partial charge in [0.15, 0.2) is 25.0 Å². The van der Waals surface area contributed by atoms with E-state index in [0.29, 0.717) is 12.2 Å². The van der Waals surface area contributed by atoms with E-state index in [4.69, 9.17) is 21.5 Å². The molecule has 0 aromatic heterocycles. The van der Waals surface area contributed by atoms with Gasteiger partial charge in [0, 0.05) is 33.3 Å². The number of rotatable bonds is 17. The van der Waals surface area contributed by atoms with Gasteiger partial charge in [-0.3, -0.25) is 4.79 Å². The van der Waals surface area contributed by atoms with Crippen LogP contribution >= 0.6 is 0 Å². The lowest BCUT2D eigenvalue weighted by atomic mass is 10.3. The molecule has 0 spiro atoms. The molecule has 0 saturated carbocycles. The number of ether oxygens (including phenoxy) is 1. The quantitative estimate of drug-likeness (QED) is 0.103. The Labute approximate surface area is 247 Å². The van der Waals surface area contributed by atoms with Crippen LogP contribution in [-0.2, 0) is 26.3 Å². The Bertz CT molecular complexity index is 719. The fourth-order valence-corrected chi connectivity index (χ4v) is 21.5. The third-order valence-electron chi connectivity index (χ3n) is 4.03. The summed E-state index contributed by atoms with van der Waals surface area (Å²) in [5.41, 5.74) is 0.413. The van der Waals surface area contributed by atoms with Crippen LogP contribution < -0.4 is 5.32 Å². The second-order valence-corrected chi connectivity index (χ2v) is 41.0.